The van der Waals surface area contributed by atoms with Crippen LogP contribution >= 0.6 is 0 Å². The molecule has 0 bridgehead atoms. The van der Waals surface area contributed by atoms with Crippen molar-refractivity contribution < 1.29 is 14.6 Å². The highest BCUT2D eigenvalue weighted by Gasteiger charge is 2.24. The Kier molecular flexibility index (Phi) is 4.16. The van der Waals surface area contributed by atoms with Crippen molar-refractivity contribution in [3.63, 3.8) is 0 Å². The van der Waals surface area contributed by atoms with Gasteiger partial charge in [0, 0.05) is 5.92 Å². The van der Waals surface area contributed by atoms with Crippen molar-refractivity contribution in [2.45, 2.75) is 45.1 Å². The highest BCUT2D eigenvalue weighted by atomic mass is 16.5. The van der Waals surface area contributed by atoms with Crippen molar-refractivity contribution in [3.05, 3.63) is 23.8 Å². The van der Waals surface area contributed by atoms with Gasteiger partial charge < -0.3 is 14.6 Å². The van der Waals surface area contributed by atoms with Gasteiger partial charge in [-0.3, -0.25) is 0 Å². The van der Waals surface area contributed by atoms with Crippen LogP contribution in [-0.4, -0.2) is 18.3 Å². The Morgan fingerprint density at radius 3 is 2.50 bits per heavy atom. The third kappa shape index (κ3) is 2.93. The van der Waals surface area contributed by atoms with Crippen LogP contribution in [0.3, 0.4) is 0 Å². The summed E-state index contributed by atoms with van der Waals surface area (Å²) in [6.45, 7) is 3.48. The van der Waals surface area contributed by atoms with Crippen LogP contribution in [0.4, 0.5) is 0 Å². The quantitative estimate of drug-likeness (QED) is 0.895. The van der Waals surface area contributed by atoms with E-state index in [1.807, 2.05) is 18.2 Å². The molecule has 0 radical (unpaired) electrons. The highest BCUT2D eigenvalue weighted by Crippen LogP contribution is 2.38. The van der Waals surface area contributed by atoms with Gasteiger partial charge in [-0.15, -0.1) is 0 Å². The normalized spacial score (nSPS) is 25.0. The summed E-state index contributed by atoms with van der Waals surface area (Å²) in [6, 6.07) is 5.89. The van der Waals surface area contributed by atoms with Gasteiger partial charge in [0.2, 0.25) is 0 Å². The molecule has 0 aromatic heterocycles. The van der Waals surface area contributed by atoms with E-state index in [-0.39, 0.29) is 6.10 Å². The Morgan fingerprint density at radius 2 is 1.75 bits per heavy atom. The first-order chi connectivity index (χ1) is 9.74. The smallest absolute Gasteiger partial charge is 0.161 e. The third-order valence-corrected chi connectivity index (χ3v) is 4.45. The Labute approximate surface area is 120 Å². The second-order valence-electron chi connectivity index (χ2n) is 6.28. The molecule has 2 unspecified atom stereocenters. The molecule has 2 aliphatic rings. The Hall–Kier alpha value is -1.22. The van der Waals surface area contributed by atoms with Gasteiger partial charge in [0.05, 0.1) is 19.3 Å². The summed E-state index contributed by atoms with van der Waals surface area (Å²) in [7, 11) is 0. The largest absolute Gasteiger partial charge is 0.489 e. The molecular formula is C17H24O3. The van der Waals surface area contributed by atoms with Crippen LogP contribution in [0.15, 0.2) is 18.2 Å². The van der Waals surface area contributed by atoms with E-state index < -0.39 is 0 Å². The number of hydrogen-bond acceptors (Lipinski definition) is 3. The van der Waals surface area contributed by atoms with Gasteiger partial charge in [-0.2, -0.15) is 0 Å². The monoisotopic (exact) mass is 276 g/mol. The molecule has 1 aliphatic carbocycles. The maximum absolute atomic E-state index is 10.6. The van der Waals surface area contributed by atoms with Crippen molar-refractivity contribution >= 4 is 0 Å². The SMILES string of the molecule is CC1COc2ccc(C(O)C3CCCCC3)cc2OC1. The molecule has 2 atom stereocenters. The fraction of sp³-hybridized carbons (Fsp3) is 0.647. The average molecular weight is 276 g/mol. The molecule has 1 aliphatic heterocycles. The van der Waals surface area contributed by atoms with Crippen molar-refractivity contribution in [2.75, 3.05) is 13.2 Å². The maximum atomic E-state index is 10.6. The summed E-state index contributed by atoms with van der Waals surface area (Å²) in [5, 5.41) is 10.6. The van der Waals surface area contributed by atoms with Gasteiger partial charge in [-0.1, -0.05) is 32.3 Å². The van der Waals surface area contributed by atoms with Crippen LogP contribution in [-0.2, 0) is 0 Å². The third-order valence-electron chi connectivity index (χ3n) is 4.45. The van der Waals surface area contributed by atoms with E-state index in [4.69, 9.17) is 9.47 Å². The minimum Gasteiger partial charge on any atom is -0.489 e. The molecule has 20 heavy (non-hydrogen) atoms. The summed E-state index contributed by atoms with van der Waals surface area (Å²) >= 11 is 0. The van der Waals surface area contributed by atoms with E-state index in [2.05, 4.69) is 6.92 Å². The summed E-state index contributed by atoms with van der Waals surface area (Å²) < 4.78 is 11.5. The molecule has 1 saturated carbocycles. The zero-order valence-corrected chi connectivity index (χ0v) is 12.2. The molecule has 3 rings (SSSR count). The van der Waals surface area contributed by atoms with Crippen LogP contribution in [0.5, 0.6) is 11.5 Å². The number of ether oxygens (including phenoxy) is 2. The fourth-order valence-electron chi connectivity index (χ4n) is 3.17. The molecule has 1 fully saturated rings. The lowest BCUT2D eigenvalue weighted by atomic mass is 9.83. The van der Waals surface area contributed by atoms with E-state index in [0.717, 1.165) is 29.9 Å². The zero-order valence-electron chi connectivity index (χ0n) is 12.2. The first-order valence-electron chi connectivity index (χ1n) is 7.81. The predicted molar refractivity (Wildman–Crippen MR) is 78.1 cm³/mol. The van der Waals surface area contributed by atoms with Gasteiger partial charge >= 0.3 is 0 Å². The van der Waals surface area contributed by atoms with Crippen LogP contribution in [0, 0.1) is 11.8 Å². The Bertz CT molecular complexity index is 452. The second kappa shape index (κ2) is 6.04. The van der Waals surface area contributed by atoms with Crippen LogP contribution < -0.4 is 9.47 Å². The average Bonchev–Trinajstić information content (AvgIpc) is 2.69. The summed E-state index contributed by atoms with van der Waals surface area (Å²) in [6.07, 6.45) is 5.68. The first kappa shape index (κ1) is 13.7. The molecule has 3 nitrogen and oxygen atoms in total. The van der Waals surface area contributed by atoms with E-state index in [0.29, 0.717) is 25.0 Å². The van der Waals surface area contributed by atoms with Crippen LogP contribution in [0.1, 0.15) is 50.7 Å². The molecular weight excluding hydrogens is 252 g/mol. The maximum Gasteiger partial charge on any atom is 0.161 e. The summed E-state index contributed by atoms with van der Waals surface area (Å²) in [5.74, 6) is 2.37. The summed E-state index contributed by atoms with van der Waals surface area (Å²) in [5.41, 5.74) is 0.966. The molecule has 1 heterocycles. The van der Waals surface area contributed by atoms with Gasteiger partial charge in [-0.25, -0.2) is 0 Å². The van der Waals surface area contributed by atoms with Gasteiger partial charge in [0.25, 0.3) is 0 Å². The topological polar surface area (TPSA) is 38.7 Å². The lowest BCUT2D eigenvalue weighted by Crippen LogP contribution is -2.16. The van der Waals surface area contributed by atoms with E-state index in [9.17, 15) is 5.11 Å². The second-order valence-corrected chi connectivity index (χ2v) is 6.28. The lowest BCUT2D eigenvalue weighted by Gasteiger charge is -2.27. The van der Waals surface area contributed by atoms with Crippen molar-refractivity contribution in [1.82, 2.24) is 0 Å². The Balaban J connectivity index is 1.77. The minimum atomic E-state index is -0.370. The molecule has 0 amide bonds. The molecule has 1 aromatic carbocycles. The molecule has 1 N–H and O–H groups in total. The van der Waals surface area contributed by atoms with E-state index in [1.165, 1.54) is 19.3 Å². The number of aliphatic hydroxyl groups is 1. The van der Waals surface area contributed by atoms with Gasteiger partial charge in [0.1, 0.15) is 0 Å². The van der Waals surface area contributed by atoms with E-state index >= 15 is 0 Å². The number of hydrogen-bond donors (Lipinski definition) is 1. The molecule has 3 heteroatoms. The van der Waals surface area contributed by atoms with Gasteiger partial charge in [0.15, 0.2) is 11.5 Å². The van der Waals surface area contributed by atoms with Crippen LogP contribution in [0.25, 0.3) is 0 Å². The molecule has 0 saturated heterocycles. The predicted octanol–water partition coefficient (Wildman–Crippen LogP) is 3.71. The number of fused-ring (bicyclic) bond motifs is 1. The van der Waals surface area contributed by atoms with Gasteiger partial charge in [-0.05, 0) is 36.5 Å². The van der Waals surface area contributed by atoms with E-state index in [1.54, 1.807) is 0 Å². The standard InChI is InChI=1S/C17H24O3/c1-12-10-19-15-8-7-14(9-16(15)20-11-12)17(18)13-5-3-2-4-6-13/h7-9,12-13,17-18H,2-6,10-11H2,1H3. The molecule has 1 aromatic rings. The van der Waals surface area contributed by atoms with Crippen LogP contribution in [0.2, 0.25) is 0 Å². The van der Waals surface area contributed by atoms with Crippen molar-refractivity contribution in [3.8, 4) is 11.5 Å². The number of aliphatic hydroxyl groups excluding tert-OH is 1. The fourth-order valence-corrected chi connectivity index (χ4v) is 3.17. The Morgan fingerprint density at radius 1 is 1.05 bits per heavy atom. The molecule has 0 spiro atoms. The van der Waals surface area contributed by atoms with Crippen molar-refractivity contribution in [2.24, 2.45) is 11.8 Å². The zero-order chi connectivity index (χ0) is 13.9. The summed E-state index contributed by atoms with van der Waals surface area (Å²) in [4.78, 5) is 0. The molecule has 110 valence electrons. The number of rotatable bonds is 2. The minimum absolute atomic E-state index is 0.370. The first-order valence-corrected chi connectivity index (χ1v) is 7.81. The lowest BCUT2D eigenvalue weighted by molar-refractivity contribution is 0.0845. The highest BCUT2D eigenvalue weighted by molar-refractivity contribution is 5.44. The van der Waals surface area contributed by atoms with Crippen molar-refractivity contribution in [1.29, 1.82) is 0 Å². The number of benzene rings is 1.